The van der Waals surface area contributed by atoms with Crippen LogP contribution in [0.1, 0.15) is 35.3 Å². The molecular formula is C18H19F5N8O. The molecule has 0 spiro atoms. The van der Waals surface area contributed by atoms with Crippen LogP contribution in [0, 0.1) is 0 Å². The van der Waals surface area contributed by atoms with Crippen LogP contribution in [0.4, 0.5) is 33.5 Å². The van der Waals surface area contributed by atoms with Gasteiger partial charge in [-0.2, -0.15) is 23.4 Å². The third-order valence-electron chi connectivity index (χ3n) is 5.17. The second-order valence-corrected chi connectivity index (χ2v) is 7.67. The molecule has 0 saturated heterocycles. The zero-order chi connectivity index (χ0) is 23.3. The summed E-state index contributed by atoms with van der Waals surface area (Å²) in [7, 11) is 1.29. The topological polar surface area (TPSA) is 115 Å². The van der Waals surface area contributed by atoms with E-state index in [4.69, 9.17) is 5.73 Å². The summed E-state index contributed by atoms with van der Waals surface area (Å²) >= 11 is 0. The van der Waals surface area contributed by atoms with Gasteiger partial charge in [-0.05, 0) is 12.5 Å². The Hall–Kier alpha value is -3.29. The SMILES string of the molecule is Cn1cc(NC(=O)c2cnn3ccc(N[C@H]4CC(F)(F)CC[C@H]4N)nc23)c(C(F)(F)F)n1. The van der Waals surface area contributed by atoms with Crippen molar-refractivity contribution in [3.8, 4) is 0 Å². The van der Waals surface area contributed by atoms with Crippen molar-refractivity contribution < 1.29 is 26.7 Å². The molecule has 1 fully saturated rings. The fourth-order valence-electron chi connectivity index (χ4n) is 3.59. The zero-order valence-electron chi connectivity index (χ0n) is 16.7. The fourth-order valence-corrected chi connectivity index (χ4v) is 3.59. The first-order valence-corrected chi connectivity index (χ1v) is 9.59. The number of carbonyl (C=O) groups excluding carboxylic acids is 1. The molecular weight excluding hydrogens is 439 g/mol. The first-order chi connectivity index (χ1) is 14.9. The predicted octanol–water partition coefficient (Wildman–Crippen LogP) is 2.66. The second-order valence-electron chi connectivity index (χ2n) is 7.67. The minimum absolute atomic E-state index is 0.0288. The van der Waals surface area contributed by atoms with Crippen molar-refractivity contribution in [2.45, 2.75) is 43.4 Å². The molecule has 0 radical (unpaired) electrons. The molecule has 3 heterocycles. The number of carbonyl (C=O) groups is 1. The molecule has 9 nitrogen and oxygen atoms in total. The van der Waals surface area contributed by atoms with Crippen LogP contribution < -0.4 is 16.4 Å². The lowest BCUT2D eigenvalue weighted by Crippen LogP contribution is -2.48. The first-order valence-electron chi connectivity index (χ1n) is 9.59. The van der Waals surface area contributed by atoms with E-state index in [9.17, 15) is 26.7 Å². The van der Waals surface area contributed by atoms with Gasteiger partial charge in [-0.1, -0.05) is 0 Å². The van der Waals surface area contributed by atoms with Gasteiger partial charge in [0.2, 0.25) is 5.92 Å². The molecule has 0 aliphatic heterocycles. The number of nitrogens with two attached hydrogens (primary N) is 1. The van der Waals surface area contributed by atoms with Crippen molar-refractivity contribution in [2.24, 2.45) is 12.8 Å². The summed E-state index contributed by atoms with van der Waals surface area (Å²) < 4.78 is 69.1. The lowest BCUT2D eigenvalue weighted by molar-refractivity contribution is -0.140. The van der Waals surface area contributed by atoms with Gasteiger partial charge in [-0.15, -0.1) is 0 Å². The van der Waals surface area contributed by atoms with Crippen molar-refractivity contribution in [3.63, 3.8) is 0 Å². The molecule has 1 saturated carbocycles. The molecule has 1 aliphatic rings. The minimum atomic E-state index is -4.76. The monoisotopic (exact) mass is 458 g/mol. The van der Waals surface area contributed by atoms with E-state index in [0.29, 0.717) is 0 Å². The molecule has 14 heteroatoms. The highest BCUT2D eigenvalue weighted by atomic mass is 19.4. The van der Waals surface area contributed by atoms with Gasteiger partial charge in [-0.3, -0.25) is 9.48 Å². The van der Waals surface area contributed by atoms with Crippen molar-refractivity contribution in [3.05, 3.63) is 35.9 Å². The number of nitrogens with zero attached hydrogens (tertiary/aromatic N) is 5. The first kappa shape index (κ1) is 21.9. The minimum Gasteiger partial charge on any atom is -0.365 e. The van der Waals surface area contributed by atoms with E-state index in [1.807, 2.05) is 0 Å². The largest absolute Gasteiger partial charge is 0.437 e. The summed E-state index contributed by atoms with van der Waals surface area (Å²) in [5.41, 5.74) is 4.11. The summed E-state index contributed by atoms with van der Waals surface area (Å²) in [4.78, 5) is 16.9. The number of anilines is 2. The zero-order valence-corrected chi connectivity index (χ0v) is 16.7. The number of amides is 1. The van der Waals surface area contributed by atoms with E-state index < -0.39 is 47.9 Å². The fraction of sp³-hybridized carbons (Fsp3) is 0.444. The molecule has 0 aromatic carbocycles. The standard InChI is InChI=1S/C18H19F5N8O/c1-30-8-12(14(29-30)18(21,22)23)27-16(32)9-7-25-31-5-3-13(28-15(9)31)26-11-6-17(19,20)4-2-10(11)24/h3,5,7-8,10-11H,2,4,6,24H2,1H3,(H,26,28)(H,27,32)/t10-,11+/m1/s1. The van der Waals surface area contributed by atoms with Crippen molar-refractivity contribution in [1.82, 2.24) is 24.4 Å². The van der Waals surface area contributed by atoms with Gasteiger partial charge in [0.05, 0.1) is 11.9 Å². The maximum Gasteiger partial charge on any atom is 0.437 e. The molecule has 1 amide bonds. The van der Waals surface area contributed by atoms with Crippen LogP contribution in [0.5, 0.6) is 0 Å². The quantitative estimate of drug-likeness (QED) is 0.518. The third-order valence-corrected chi connectivity index (χ3v) is 5.17. The molecule has 32 heavy (non-hydrogen) atoms. The summed E-state index contributed by atoms with van der Waals surface area (Å²) in [5, 5.41) is 12.3. The lowest BCUT2D eigenvalue weighted by Gasteiger charge is -2.34. The lowest BCUT2D eigenvalue weighted by atomic mass is 9.88. The Morgan fingerprint density at radius 1 is 1.34 bits per heavy atom. The van der Waals surface area contributed by atoms with Crippen molar-refractivity contribution in [1.29, 1.82) is 0 Å². The Kier molecular flexibility index (Phi) is 5.27. The number of aromatic nitrogens is 5. The van der Waals surface area contributed by atoms with Crippen molar-refractivity contribution >= 4 is 23.1 Å². The maximum absolute atomic E-state index is 13.8. The van der Waals surface area contributed by atoms with Gasteiger partial charge in [-0.25, -0.2) is 18.3 Å². The molecule has 2 atom stereocenters. The third kappa shape index (κ3) is 4.35. The van der Waals surface area contributed by atoms with Gasteiger partial charge < -0.3 is 16.4 Å². The number of hydrogen-bond acceptors (Lipinski definition) is 6. The number of aryl methyl sites for hydroxylation is 1. The summed E-state index contributed by atoms with van der Waals surface area (Å²) in [5.74, 6) is -3.55. The van der Waals surface area contributed by atoms with E-state index in [1.165, 1.54) is 23.8 Å². The Labute approximate surface area is 177 Å². The highest BCUT2D eigenvalue weighted by Crippen LogP contribution is 2.35. The highest BCUT2D eigenvalue weighted by molar-refractivity contribution is 6.08. The van der Waals surface area contributed by atoms with Crippen LogP contribution in [0.15, 0.2) is 24.7 Å². The van der Waals surface area contributed by atoms with E-state index in [-0.39, 0.29) is 29.9 Å². The van der Waals surface area contributed by atoms with Crippen LogP contribution in [-0.2, 0) is 13.2 Å². The Balaban J connectivity index is 1.59. The Morgan fingerprint density at radius 3 is 2.81 bits per heavy atom. The average molecular weight is 458 g/mol. The normalized spacial score (nSPS) is 21.0. The van der Waals surface area contributed by atoms with Crippen molar-refractivity contribution in [2.75, 3.05) is 10.6 Å². The van der Waals surface area contributed by atoms with Crippen LogP contribution in [0.3, 0.4) is 0 Å². The van der Waals surface area contributed by atoms with Gasteiger partial charge in [0, 0.05) is 44.4 Å². The van der Waals surface area contributed by atoms with E-state index in [1.54, 1.807) is 0 Å². The molecule has 3 aromatic rings. The number of nitrogens with one attached hydrogen (secondary N) is 2. The summed E-state index contributed by atoms with van der Waals surface area (Å²) in [6.07, 6.45) is -1.77. The van der Waals surface area contributed by atoms with Crippen LogP contribution in [0.25, 0.3) is 5.65 Å². The highest BCUT2D eigenvalue weighted by Gasteiger charge is 2.40. The average Bonchev–Trinajstić information content (AvgIpc) is 3.27. The second kappa shape index (κ2) is 7.69. The number of hydrogen-bond donors (Lipinski definition) is 3. The van der Waals surface area contributed by atoms with Gasteiger partial charge in [0.15, 0.2) is 11.3 Å². The molecule has 4 N–H and O–H groups in total. The summed E-state index contributed by atoms with van der Waals surface area (Å²) in [6, 6.07) is 0.231. The molecule has 0 bridgehead atoms. The van der Waals surface area contributed by atoms with Gasteiger partial charge >= 0.3 is 6.18 Å². The number of halogens is 5. The number of rotatable bonds is 4. The van der Waals surface area contributed by atoms with Crippen LogP contribution >= 0.6 is 0 Å². The van der Waals surface area contributed by atoms with Gasteiger partial charge in [0.25, 0.3) is 5.91 Å². The summed E-state index contributed by atoms with van der Waals surface area (Å²) in [6.45, 7) is 0. The smallest absolute Gasteiger partial charge is 0.365 e. The Bertz CT molecular complexity index is 1150. The molecule has 3 aromatic heterocycles. The molecule has 172 valence electrons. The number of alkyl halides is 5. The molecule has 4 rings (SSSR count). The number of fused-ring (bicyclic) bond motifs is 1. The van der Waals surface area contributed by atoms with E-state index >= 15 is 0 Å². The predicted molar refractivity (Wildman–Crippen MR) is 103 cm³/mol. The molecule has 0 unspecified atom stereocenters. The van der Waals surface area contributed by atoms with Gasteiger partial charge in [0.1, 0.15) is 11.4 Å². The molecule has 1 aliphatic carbocycles. The van der Waals surface area contributed by atoms with Crippen LogP contribution in [0.2, 0.25) is 0 Å². The maximum atomic E-state index is 13.8. The van der Waals surface area contributed by atoms with Crippen LogP contribution in [-0.4, -0.2) is 48.3 Å². The Morgan fingerprint density at radius 2 is 2.09 bits per heavy atom. The van der Waals surface area contributed by atoms with E-state index in [0.717, 1.165) is 17.1 Å². The van der Waals surface area contributed by atoms with E-state index in [2.05, 4.69) is 25.8 Å².